The van der Waals surface area contributed by atoms with Crippen LogP contribution in [0.2, 0.25) is 0 Å². The summed E-state index contributed by atoms with van der Waals surface area (Å²) in [6.45, 7) is 0. The highest BCUT2D eigenvalue weighted by atomic mass is 16.6. The molecule has 0 spiro atoms. The summed E-state index contributed by atoms with van der Waals surface area (Å²) in [4.78, 5) is 14.8. The molecular weight excluding hydrogens is 280 g/mol. The van der Waals surface area contributed by atoms with E-state index in [-0.39, 0.29) is 5.69 Å². The molecule has 0 amide bonds. The van der Waals surface area contributed by atoms with Crippen molar-refractivity contribution in [3.63, 3.8) is 0 Å². The molecule has 22 heavy (non-hydrogen) atoms. The second-order valence-corrected chi connectivity index (χ2v) is 4.57. The lowest BCUT2D eigenvalue weighted by molar-refractivity contribution is -0.385. The second-order valence-electron chi connectivity index (χ2n) is 4.57. The van der Waals surface area contributed by atoms with E-state index in [4.69, 9.17) is 0 Å². The Bertz CT molecular complexity index is 856. The smallest absolute Gasteiger partial charge is 0.276 e. The molecule has 0 saturated heterocycles. The molecule has 3 rings (SSSR count). The summed E-state index contributed by atoms with van der Waals surface area (Å²) in [5.41, 5.74) is 4.88. The maximum Gasteiger partial charge on any atom is 0.278 e. The zero-order valence-electron chi connectivity index (χ0n) is 11.5. The minimum atomic E-state index is -0.430. The molecule has 0 bridgehead atoms. The van der Waals surface area contributed by atoms with E-state index in [2.05, 4.69) is 15.5 Å². The Morgan fingerprint density at radius 3 is 2.77 bits per heavy atom. The van der Waals surface area contributed by atoms with Gasteiger partial charge < -0.3 is 0 Å². The zero-order chi connectivity index (χ0) is 15.4. The van der Waals surface area contributed by atoms with Crippen molar-refractivity contribution in [2.45, 2.75) is 0 Å². The van der Waals surface area contributed by atoms with Crippen LogP contribution in [0.15, 0.2) is 65.9 Å². The number of pyridine rings is 1. The fourth-order valence-corrected chi connectivity index (χ4v) is 2.13. The van der Waals surface area contributed by atoms with Gasteiger partial charge in [-0.2, -0.15) is 5.10 Å². The van der Waals surface area contributed by atoms with E-state index in [1.54, 1.807) is 24.4 Å². The number of nitro groups is 1. The third-order valence-electron chi connectivity index (χ3n) is 3.15. The Morgan fingerprint density at radius 2 is 1.91 bits per heavy atom. The zero-order valence-corrected chi connectivity index (χ0v) is 11.5. The Kier molecular flexibility index (Phi) is 3.74. The lowest BCUT2D eigenvalue weighted by Gasteiger charge is -2.04. The Labute approximate surface area is 126 Å². The van der Waals surface area contributed by atoms with Crippen molar-refractivity contribution in [2.24, 2.45) is 5.10 Å². The first-order chi connectivity index (χ1) is 10.8. The number of anilines is 1. The Morgan fingerprint density at radius 1 is 1.09 bits per heavy atom. The number of nitrogens with zero attached hydrogens (tertiary/aromatic N) is 3. The lowest BCUT2D eigenvalue weighted by Crippen LogP contribution is -1.96. The topological polar surface area (TPSA) is 80.4 Å². The van der Waals surface area contributed by atoms with Crippen LogP contribution in [-0.4, -0.2) is 16.1 Å². The molecule has 1 heterocycles. The quantitative estimate of drug-likeness (QED) is 0.452. The van der Waals surface area contributed by atoms with Crippen molar-refractivity contribution in [1.29, 1.82) is 0 Å². The van der Waals surface area contributed by atoms with Crippen molar-refractivity contribution >= 4 is 28.5 Å². The summed E-state index contributed by atoms with van der Waals surface area (Å²) in [5.74, 6) is 0. The highest BCUT2D eigenvalue weighted by molar-refractivity contribution is 5.91. The van der Waals surface area contributed by atoms with Crippen LogP contribution in [0.4, 0.5) is 11.4 Å². The fourth-order valence-electron chi connectivity index (χ4n) is 2.13. The molecule has 108 valence electrons. The van der Waals surface area contributed by atoms with Crippen molar-refractivity contribution < 1.29 is 4.92 Å². The molecule has 0 fully saturated rings. The van der Waals surface area contributed by atoms with Gasteiger partial charge in [-0.3, -0.25) is 20.5 Å². The van der Waals surface area contributed by atoms with Gasteiger partial charge in [0, 0.05) is 17.6 Å². The highest BCUT2D eigenvalue weighted by Gasteiger charge is 2.09. The number of benzene rings is 2. The van der Waals surface area contributed by atoms with Crippen LogP contribution >= 0.6 is 0 Å². The van der Waals surface area contributed by atoms with E-state index >= 15 is 0 Å². The van der Waals surface area contributed by atoms with Crippen LogP contribution < -0.4 is 5.43 Å². The first kappa shape index (κ1) is 13.7. The third-order valence-corrected chi connectivity index (χ3v) is 3.15. The van der Waals surface area contributed by atoms with Crippen LogP contribution in [0.1, 0.15) is 5.56 Å². The predicted molar refractivity (Wildman–Crippen MR) is 86.1 cm³/mol. The van der Waals surface area contributed by atoms with E-state index in [0.717, 1.165) is 16.6 Å². The number of nitrogens with one attached hydrogen (secondary N) is 1. The second kappa shape index (κ2) is 6.01. The van der Waals surface area contributed by atoms with Gasteiger partial charge in [0.15, 0.2) is 0 Å². The molecule has 1 aromatic heterocycles. The Balaban J connectivity index is 1.87. The molecule has 0 aliphatic carbocycles. The lowest BCUT2D eigenvalue weighted by atomic mass is 10.2. The Hall–Kier alpha value is -3.28. The molecule has 1 N–H and O–H groups in total. The minimum Gasteiger partial charge on any atom is -0.276 e. The first-order valence-corrected chi connectivity index (χ1v) is 6.62. The van der Waals surface area contributed by atoms with Gasteiger partial charge in [0.05, 0.1) is 27.9 Å². The van der Waals surface area contributed by atoms with Crippen LogP contribution in [0.25, 0.3) is 10.9 Å². The number of fused-ring (bicyclic) bond motifs is 1. The van der Waals surface area contributed by atoms with E-state index in [1.165, 1.54) is 12.3 Å². The third kappa shape index (κ3) is 2.76. The average molecular weight is 292 g/mol. The SMILES string of the molecule is O=[N+]([O-])c1ccccc1C=NNc1cccc2cccnc12. The molecular formula is C16H12N4O2. The van der Waals surface area contributed by atoms with Crippen LogP contribution in [0.5, 0.6) is 0 Å². The van der Waals surface area contributed by atoms with Crippen molar-refractivity contribution in [2.75, 3.05) is 5.43 Å². The summed E-state index contributed by atoms with van der Waals surface area (Å²) in [5, 5.41) is 16.0. The monoisotopic (exact) mass is 292 g/mol. The number of hydrogen-bond acceptors (Lipinski definition) is 5. The number of para-hydroxylation sites is 2. The number of hydrogen-bond donors (Lipinski definition) is 1. The molecule has 6 nitrogen and oxygen atoms in total. The average Bonchev–Trinajstić information content (AvgIpc) is 2.55. The summed E-state index contributed by atoms with van der Waals surface area (Å²) >= 11 is 0. The van der Waals surface area contributed by atoms with Crippen LogP contribution in [-0.2, 0) is 0 Å². The largest absolute Gasteiger partial charge is 0.278 e. The number of nitro benzene ring substituents is 1. The maximum absolute atomic E-state index is 10.9. The van der Waals surface area contributed by atoms with Crippen molar-refractivity contribution in [3.05, 3.63) is 76.5 Å². The molecule has 6 heteroatoms. The molecule has 0 aliphatic rings. The first-order valence-electron chi connectivity index (χ1n) is 6.62. The van der Waals surface area contributed by atoms with Gasteiger partial charge in [0.2, 0.25) is 0 Å². The van der Waals surface area contributed by atoms with Crippen LogP contribution in [0, 0.1) is 10.1 Å². The van der Waals surface area contributed by atoms with E-state index in [0.29, 0.717) is 5.56 Å². The fraction of sp³-hybridized carbons (Fsp3) is 0. The van der Waals surface area contributed by atoms with Gasteiger partial charge in [-0.15, -0.1) is 0 Å². The number of aromatic nitrogens is 1. The standard InChI is InChI=1S/C16H12N4O2/c21-20(22)15-9-2-1-5-13(15)11-18-19-14-8-3-6-12-7-4-10-17-16(12)14/h1-11,19H. The summed E-state index contributed by atoms with van der Waals surface area (Å²) in [6, 6.07) is 16.0. The maximum atomic E-state index is 10.9. The summed E-state index contributed by atoms with van der Waals surface area (Å²) < 4.78 is 0. The van der Waals surface area contributed by atoms with Gasteiger partial charge in [0.1, 0.15) is 0 Å². The molecule has 0 unspecified atom stereocenters. The summed E-state index contributed by atoms with van der Waals surface area (Å²) in [6.07, 6.45) is 3.14. The van der Waals surface area contributed by atoms with Gasteiger partial charge >= 0.3 is 0 Å². The van der Waals surface area contributed by atoms with Gasteiger partial charge in [-0.25, -0.2) is 0 Å². The predicted octanol–water partition coefficient (Wildman–Crippen LogP) is 3.59. The molecule has 3 aromatic rings. The molecule has 2 aromatic carbocycles. The highest BCUT2D eigenvalue weighted by Crippen LogP contribution is 2.21. The van der Waals surface area contributed by atoms with E-state index < -0.39 is 4.92 Å². The van der Waals surface area contributed by atoms with Crippen molar-refractivity contribution in [3.8, 4) is 0 Å². The molecule has 0 aliphatic heterocycles. The molecule has 0 atom stereocenters. The normalized spacial score (nSPS) is 10.9. The van der Waals surface area contributed by atoms with Gasteiger partial charge in [-0.1, -0.05) is 30.3 Å². The van der Waals surface area contributed by atoms with Crippen molar-refractivity contribution in [1.82, 2.24) is 4.98 Å². The summed E-state index contributed by atoms with van der Waals surface area (Å²) in [7, 11) is 0. The number of hydrazone groups is 1. The van der Waals surface area contributed by atoms with Gasteiger partial charge in [0.25, 0.3) is 5.69 Å². The number of rotatable bonds is 4. The minimum absolute atomic E-state index is 0.0177. The van der Waals surface area contributed by atoms with E-state index in [1.807, 2.05) is 30.3 Å². The van der Waals surface area contributed by atoms with Gasteiger partial charge in [-0.05, 0) is 18.2 Å². The molecule has 0 radical (unpaired) electrons. The molecule has 0 saturated carbocycles. The van der Waals surface area contributed by atoms with E-state index in [9.17, 15) is 10.1 Å². The van der Waals surface area contributed by atoms with Crippen LogP contribution in [0.3, 0.4) is 0 Å².